The Labute approximate surface area is 137 Å². The molecule has 0 aliphatic heterocycles. The zero-order valence-corrected chi connectivity index (χ0v) is 14.0. The van der Waals surface area contributed by atoms with Crippen molar-refractivity contribution >= 4 is 39.1 Å². The highest BCUT2D eigenvalue weighted by atomic mass is 79.9. The highest BCUT2D eigenvalue weighted by molar-refractivity contribution is 9.10. The van der Waals surface area contributed by atoms with Crippen molar-refractivity contribution in [2.24, 2.45) is 0 Å². The van der Waals surface area contributed by atoms with E-state index in [1.165, 1.54) is 0 Å². The molecule has 21 heavy (non-hydrogen) atoms. The van der Waals surface area contributed by atoms with Crippen molar-refractivity contribution in [3.63, 3.8) is 0 Å². The first-order valence-electron chi connectivity index (χ1n) is 6.45. The van der Waals surface area contributed by atoms with Crippen LogP contribution in [0, 0.1) is 6.92 Å². The van der Waals surface area contributed by atoms with E-state index < -0.39 is 6.10 Å². The fraction of sp³-hybridized carbons (Fsp3) is 0.188. The van der Waals surface area contributed by atoms with Crippen LogP contribution in [0.1, 0.15) is 12.5 Å². The molecule has 1 unspecified atom stereocenters. The Morgan fingerprint density at radius 1 is 1.29 bits per heavy atom. The van der Waals surface area contributed by atoms with Crippen LogP contribution in [0.5, 0.6) is 5.75 Å². The Balaban J connectivity index is 2.04. The van der Waals surface area contributed by atoms with Crippen LogP contribution in [0.4, 0.5) is 5.69 Å². The Morgan fingerprint density at radius 3 is 2.71 bits per heavy atom. The van der Waals surface area contributed by atoms with Crippen molar-refractivity contribution < 1.29 is 9.53 Å². The van der Waals surface area contributed by atoms with Crippen LogP contribution in [0.25, 0.3) is 0 Å². The second-order valence-electron chi connectivity index (χ2n) is 4.62. The van der Waals surface area contributed by atoms with Gasteiger partial charge in [-0.2, -0.15) is 0 Å². The van der Waals surface area contributed by atoms with Crippen molar-refractivity contribution in [3.8, 4) is 5.75 Å². The number of nitrogens with one attached hydrogen (secondary N) is 1. The van der Waals surface area contributed by atoms with Crippen molar-refractivity contribution in [3.05, 3.63) is 57.5 Å². The summed E-state index contributed by atoms with van der Waals surface area (Å²) in [6, 6.07) is 12.8. The third-order valence-electron chi connectivity index (χ3n) is 3.00. The number of hydrogen-bond acceptors (Lipinski definition) is 2. The fourth-order valence-electron chi connectivity index (χ4n) is 1.78. The Hall–Kier alpha value is -1.52. The van der Waals surface area contributed by atoms with Gasteiger partial charge in [-0.05, 0) is 49.7 Å². The lowest BCUT2D eigenvalue weighted by Crippen LogP contribution is -2.30. The van der Waals surface area contributed by atoms with Gasteiger partial charge in [0.1, 0.15) is 5.75 Å². The average Bonchev–Trinajstić information content (AvgIpc) is 2.44. The highest BCUT2D eigenvalue weighted by Crippen LogP contribution is 2.23. The lowest BCUT2D eigenvalue weighted by Gasteiger charge is -2.16. The number of ether oxygens (including phenoxy) is 1. The fourth-order valence-corrected chi connectivity index (χ4v) is 2.33. The molecule has 0 heterocycles. The van der Waals surface area contributed by atoms with E-state index in [-0.39, 0.29) is 5.91 Å². The number of anilines is 1. The molecule has 2 aromatic carbocycles. The maximum atomic E-state index is 12.2. The van der Waals surface area contributed by atoms with E-state index in [1.807, 2.05) is 31.2 Å². The zero-order valence-electron chi connectivity index (χ0n) is 11.7. The normalized spacial score (nSPS) is 11.8. The highest BCUT2D eigenvalue weighted by Gasteiger charge is 2.16. The molecule has 5 heteroatoms. The molecule has 0 aliphatic carbocycles. The molecular weight excluding hydrogens is 354 g/mol. The Bertz CT molecular complexity index is 660. The molecule has 2 aromatic rings. The molecule has 0 saturated carbocycles. The smallest absolute Gasteiger partial charge is 0.265 e. The monoisotopic (exact) mass is 367 g/mol. The number of hydrogen-bond donors (Lipinski definition) is 1. The molecule has 0 bridgehead atoms. The molecule has 0 saturated heterocycles. The number of carbonyl (C=O) groups is 1. The van der Waals surface area contributed by atoms with Gasteiger partial charge in [0, 0.05) is 15.2 Å². The number of rotatable bonds is 4. The van der Waals surface area contributed by atoms with Gasteiger partial charge >= 0.3 is 0 Å². The molecule has 0 fully saturated rings. The summed E-state index contributed by atoms with van der Waals surface area (Å²) in [7, 11) is 0. The lowest BCUT2D eigenvalue weighted by molar-refractivity contribution is -0.122. The quantitative estimate of drug-likeness (QED) is 0.840. The summed E-state index contributed by atoms with van der Waals surface area (Å²) >= 11 is 9.40. The average molecular weight is 369 g/mol. The second-order valence-corrected chi connectivity index (χ2v) is 5.94. The predicted molar refractivity (Wildman–Crippen MR) is 89.1 cm³/mol. The number of halogens is 2. The van der Waals surface area contributed by atoms with Crippen LogP contribution in [-0.4, -0.2) is 12.0 Å². The molecule has 1 N–H and O–H groups in total. The molecule has 3 nitrogen and oxygen atoms in total. The van der Waals surface area contributed by atoms with Crippen LogP contribution in [0.15, 0.2) is 46.9 Å². The predicted octanol–water partition coefficient (Wildman–Crippen LogP) is 4.82. The maximum Gasteiger partial charge on any atom is 0.265 e. The molecule has 0 radical (unpaired) electrons. The molecule has 110 valence electrons. The van der Waals surface area contributed by atoms with Gasteiger partial charge in [0.05, 0.1) is 0 Å². The first-order valence-corrected chi connectivity index (χ1v) is 7.62. The van der Waals surface area contributed by atoms with Crippen LogP contribution >= 0.6 is 27.5 Å². The van der Waals surface area contributed by atoms with E-state index >= 15 is 0 Å². The SMILES string of the molecule is Cc1c(Cl)cccc1NC(=O)C(C)Oc1cccc(Br)c1. The standard InChI is InChI=1S/C16H15BrClNO2/c1-10-14(18)7-4-8-15(10)19-16(20)11(2)21-13-6-3-5-12(17)9-13/h3-9,11H,1-2H3,(H,19,20). The maximum absolute atomic E-state index is 12.2. The van der Waals surface area contributed by atoms with Gasteiger partial charge in [0.2, 0.25) is 0 Å². The molecule has 0 spiro atoms. The molecule has 0 aromatic heterocycles. The summed E-state index contributed by atoms with van der Waals surface area (Å²) in [5.41, 5.74) is 1.53. The number of amides is 1. The van der Waals surface area contributed by atoms with Gasteiger partial charge in [0.15, 0.2) is 6.10 Å². The molecule has 1 atom stereocenters. The third kappa shape index (κ3) is 4.22. The van der Waals surface area contributed by atoms with Crippen molar-refractivity contribution in [1.29, 1.82) is 0 Å². The summed E-state index contributed by atoms with van der Waals surface area (Å²) in [4.78, 5) is 12.2. The van der Waals surface area contributed by atoms with Crippen LogP contribution in [0.3, 0.4) is 0 Å². The molecule has 0 aliphatic rings. The largest absolute Gasteiger partial charge is 0.481 e. The van der Waals surface area contributed by atoms with Crippen molar-refractivity contribution in [2.75, 3.05) is 5.32 Å². The first-order chi connectivity index (χ1) is 9.97. The summed E-state index contributed by atoms with van der Waals surface area (Å²) in [6.07, 6.45) is -0.613. The summed E-state index contributed by atoms with van der Waals surface area (Å²) < 4.78 is 6.53. The van der Waals surface area contributed by atoms with E-state index in [9.17, 15) is 4.79 Å². The van der Waals surface area contributed by atoms with Crippen LogP contribution in [-0.2, 0) is 4.79 Å². The first kappa shape index (κ1) is 15.9. The minimum atomic E-state index is -0.613. The third-order valence-corrected chi connectivity index (χ3v) is 3.91. The minimum absolute atomic E-state index is 0.222. The van der Waals surface area contributed by atoms with Gasteiger partial charge < -0.3 is 10.1 Å². The van der Waals surface area contributed by atoms with Gasteiger partial charge in [-0.15, -0.1) is 0 Å². The summed E-state index contributed by atoms with van der Waals surface area (Å²) in [5.74, 6) is 0.412. The lowest BCUT2D eigenvalue weighted by atomic mass is 10.2. The van der Waals surface area contributed by atoms with Gasteiger partial charge in [-0.25, -0.2) is 0 Å². The summed E-state index contributed by atoms with van der Waals surface area (Å²) in [5, 5.41) is 3.44. The Kier molecular flexibility index (Phi) is 5.26. The van der Waals surface area contributed by atoms with E-state index in [0.29, 0.717) is 16.5 Å². The van der Waals surface area contributed by atoms with Gasteiger partial charge in [-0.3, -0.25) is 4.79 Å². The topological polar surface area (TPSA) is 38.3 Å². The van der Waals surface area contributed by atoms with E-state index in [1.54, 1.807) is 25.1 Å². The van der Waals surface area contributed by atoms with Gasteiger partial charge in [0.25, 0.3) is 5.91 Å². The van der Waals surface area contributed by atoms with E-state index in [4.69, 9.17) is 16.3 Å². The molecule has 1 amide bonds. The minimum Gasteiger partial charge on any atom is -0.481 e. The number of benzene rings is 2. The van der Waals surface area contributed by atoms with E-state index in [2.05, 4.69) is 21.2 Å². The molecule has 2 rings (SSSR count). The Morgan fingerprint density at radius 2 is 2.00 bits per heavy atom. The van der Waals surface area contributed by atoms with Gasteiger partial charge in [-0.1, -0.05) is 39.7 Å². The van der Waals surface area contributed by atoms with E-state index in [0.717, 1.165) is 10.0 Å². The zero-order chi connectivity index (χ0) is 15.4. The molecular formula is C16H15BrClNO2. The van der Waals surface area contributed by atoms with Crippen LogP contribution < -0.4 is 10.1 Å². The summed E-state index contributed by atoms with van der Waals surface area (Å²) in [6.45, 7) is 3.56. The van der Waals surface area contributed by atoms with Crippen molar-refractivity contribution in [1.82, 2.24) is 0 Å². The second kappa shape index (κ2) is 6.96. The van der Waals surface area contributed by atoms with Crippen LogP contribution in [0.2, 0.25) is 5.02 Å². The van der Waals surface area contributed by atoms with Crippen molar-refractivity contribution in [2.45, 2.75) is 20.0 Å². The number of carbonyl (C=O) groups excluding carboxylic acids is 1.